The highest BCUT2D eigenvalue weighted by Gasteiger charge is 2.21. The number of rotatable bonds is 6. The van der Waals surface area contributed by atoms with Crippen molar-refractivity contribution in [2.24, 2.45) is 0 Å². The summed E-state index contributed by atoms with van der Waals surface area (Å²) in [5, 5.41) is 26.9. The highest BCUT2D eigenvalue weighted by Crippen LogP contribution is 2.29. The molecule has 0 radical (unpaired) electrons. The van der Waals surface area contributed by atoms with Gasteiger partial charge in [-0.25, -0.2) is 14.5 Å². The van der Waals surface area contributed by atoms with Crippen LogP contribution < -0.4 is 5.32 Å². The summed E-state index contributed by atoms with van der Waals surface area (Å²) in [6.07, 6.45) is 6.53. The summed E-state index contributed by atoms with van der Waals surface area (Å²) in [6.45, 7) is 6.09. The number of aliphatic hydroxyl groups excluding tert-OH is 1. The molecule has 0 bridgehead atoms. The third-order valence-corrected chi connectivity index (χ3v) is 6.04. The number of aromatic nitrogens is 6. The Morgan fingerprint density at radius 3 is 2.92 bits per heavy atom. The fourth-order valence-corrected chi connectivity index (χ4v) is 4.30. The average Bonchev–Trinajstić information content (AvgIpc) is 3.54. The van der Waals surface area contributed by atoms with Crippen molar-refractivity contribution in [3.8, 4) is 17.1 Å². The first-order valence-corrected chi connectivity index (χ1v) is 12.4. The minimum absolute atomic E-state index is 0.00364. The smallest absolute Gasteiger partial charge is 0.407 e. The zero-order valence-corrected chi connectivity index (χ0v) is 21.2. The average molecular weight is 506 g/mol. The van der Waals surface area contributed by atoms with Crippen LogP contribution in [-0.2, 0) is 9.47 Å². The molecule has 1 aromatic carbocycles. The summed E-state index contributed by atoms with van der Waals surface area (Å²) in [4.78, 5) is 16.5. The van der Waals surface area contributed by atoms with E-state index in [0.29, 0.717) is 11.2 Å². The van der Waals surface area contributed by atoms with Crippen molar-refractivity contribution in [2.75, 3.05) is 13.2 Å². The van der Waals surface area contributed by atoms with E-state index in [4.69, 9.17) is 9.47 Å². The zero-order chi connectivity index (χ0) is 26.0. The Morgan fingerprint density at radius 1 is 1.27 bits per heavy atom. The maximum atomic E-state index is 11.9. The normalized spacial score (nSPS) is 17.0. The van der Waals surface area contributed by atoms with Crippen LogP contribution in [0.3, 0.4) is 0 Å². The number of aliphatic hydroxyl groups is 1. The Balaban J connectivity index is 1.35. The largest absolute Gasteiger partial charge is 0.444 e. The molecule has 1 aliphatic heterocycles. The van der Waals surface area contributed by atoms with Gasteiger partial charge in [-0.1, -0.05) is 12.1 Å². The van der Waals surface area contributed by atoms with Crippen molar-refractivity contribution >= 4 is 17.1 Å². The van der Waals surface area contributed by atoms with Gasteiger partial charge in [0.15, 0.2) is 11.5 Å². The number of alkyl carbamates (subject to hydrolysis) is 1. The van der Waals surface area contributed by atoms with E-state index >= 15 is 0 Å². The Hall–Kier alpha value is -3.83. The number of nitrogens with one attached hydrogen (secondary N) is 1. The molecule has 1 aliphatic rings. The number of carbonyl (C=O) groups is 1. The van der Waals surface area contributed by atoms with Crippen molar-refractivity contribution in [1.29, 1.82) is 0 Å². The molecular weight excluding hydrogens is 474 g/mol. The van der Waals surface area contributed by atoms with Crippen LogP contribution in [0.25, 0.3) is 28.1 Å². The third-order valence-electron chi connectivity index (χ3n) is 6.04. The maximum absolute atomic E-state index is 11.9. The molecule has 11 heteroatoms. The predicted molar refractivity (Wildman–Crippen MR) is 136 cm³/mol. The van der Waals surface area contributed by atoms with Gasteiger partial charge in [0.2, 0.25) is 0 Å². The van der Waals surface area contributed by atoms with Crippen LogP contribution in [-0.4, -0.2) is 59.5 Å². The summed E-state index contributed by atoms with van der Waals surface area (Å²) < 4.78 is 14.9. The van der Waals surface area contributed by atoms with Crippen molar-refractivity contribution in [2.45, 2.75) is 58.0 Å². The maximum Gasteiger partial charge on any atom is 0.407 e. The van der Waals surface area contributed by atoms with Gasteiger partial charge in [-0.3, -0.25) is 4.57 Å². The minimum atomic E-state index is -0.940. The lowest BCUT2D eigenvalue weighted by molar-refractivity contribution is -0.0311. The summed E-state index contributed by atoms with van der Waals surface area (Å²) in [7, 11) is 0. The predicted octanol–water partition coefficient (Wildman–Crippen LogP) is 3.94. The number of benzene rings is 1. The molecule has 2 atom stereocenters. The van der Waals surface area contributed by atoms with Crippen molar-refractivity contribution in [3.05, 3.63) is 54.6 Å². The van der Waals surface area contributed by atoms with Crippen LogP contribution >= 0.6 is 0 Å². The van der Waals surface area contributed by atoms with Crippen LogP contribution in [0.1, 0.15) is 57.9 Å². The molecule has 5 rings (SSSR count). The molecule has 2 N–H and O–H groups in total. The second-order valence-corrected chi connectivity index (χ2v) is 10.1. The van der Waals surface area contributed by atoms with Gasteiger partial charge in [0.05, 0.1) is 24.5 Å². The van der Waals surface area contributed by atoms with E-state index < -0.39 is 17.8 Å². The van der Waals surface area contributed by atoms with Gasteiger partial charge in [0, 0.05) is 29.3 Å². The van der Waals surface area contributed by atoms with Gasteiger partial charge in [-0.15, -0.1) is 10.2 Å². The quantitative estimate of drug-likeness (QED) is 0.403. The molecule has 37 heavy (non-hydrogen) atoms. The first-order valence-electron chi connectivity index (χ1n) is 12.4. The Kier molecular flexibility index (Phi) is 6.90. The minimum Gasteiger partial charge on any atom is -0.444 e. The first kappa shape index (κ1) is 24.8. The molecule has 0 aliphatic carbocycles. The Morgan fingerprint density at radius 2 is 2.14 bits per heavy atom. The highest BCUT2D eigenvalue weighted by atomic mass is 16.6. The molecule has 2 unspecified atom stereocenters. The number of carbonyl (C=O) groups excluding carboxylic acids is 1. The van der Waals surface area contributed by atoms with Crippen LogP contribution in [0.5, 0.6) is 0 Å². The van der Waals surface area contributed by atoms with E-state index in [1.54, 1.807) is 44.2 Å². The third kappa shape index (κ3) is 5.62. The van der Waals surface area contributed by atoms with E-state index in [9.17, 15) is 9.90 Å². The van der Waals surface area contributed by atoms with Crippen LogP contribution in [0.15, 0.2) is 49.1 Å². The summed E-state index contributed by atoms with van der Waals surface area (Å²) in [5.74, 6) is 0.737. The molecule has 11 nitrogen and oxygen atoms in total. The standard InChI is InChI=1S/C26H31N7O4/c1-26(2,3)37-25(35)28-15-21(34)18-11-19-14-30-33(23(19)27-13-18)20-8-6-7-17(12-20)24-31-29-16-32(24)22-9-4-5-10-36-22/h6-8,11-14,16,21-22,34H,4-5,9-10,15H2,1-3H3,(H,28,35). The topological polar surface area (TPSA) is 129 Å². The molecule has 0 spiro atoms. The van der Waals surface area contributed by atoms with Gasteiger partial charge < -0.3 is 19.9 Å². The molecule has 4 aromatic rings. The number of nitrogens with zero attached hydrogens (tertiary/aromatic N) is 6. The number of fused-ring (bicyclic) bond motifs is 1. The fraction of sp³-hybridized carbons (Fsp3) is 0.423. The first-order chi connectivity index (χ1) is 17.8. The number of ether oxygens (including phenoxy) is 2. The molecule has 0 saturated carbocycles. The fourth-order valence-electron chi connectivity index (χ4n) is 4.30. The highest BCUT2D eigenvalue weighted by molar-refractivity contribution is 5.77. The van der Waals surface area contributed by atoms with Crippen LogP contribution in [0.2, 0.25) is 0 Å². The SMILES string of the molecule is CC(C)(C)OC(=O)NCC(O)c1cnc2c(cnn2-c2cccc(-c3nncn3C3CCCCO3)c2)c1. The van der Waals surface area contributed by atoms with E-state index in [1.165, 1.54) is 0 Å². The molecular formula is C26H31N7O4. The van der Waals surface area contributed by atoms with Crippen LogP contribution in [0, 0.1) is 0 Å². The van der Waals surface area contributed by atoms with Crippen molar-refractivity contribution in [3.63, 3.8) is 0 Å². The lowest BCUT2D eigenvalue weighted by Crippen LogP contribution is -2.34. The summed E-state index contributed by atoms with van der Waals surface area (Å²) in [6, 6.07) is 9.68. The lowest BCUT2D eigenvalue weighted by Gasteiger charge is -2.24. The van der Waals surface area contributed by atoms with E-state index in [0.717, 1.165) is 48.3 Å². The van der Waals surface area contributed by atoms with Gasteiger partial charge >= 0.3 is 6.09 Å². The van der Waals surface area contributed by atoms with Crippen molar-refractivity contribution < 1.29 is 19.4 Å². The Bertz CT molecular complexity index is 1390. The number of pyridine rings is 1. The van der Waals surface area contributed by atoms with Gasteiger partial charge in [-0.05, 0) is 58.2 Å². The molecule has 194 valence electrons. The van der Waals surface area contributed by atoms with E-state index in [1.807, 2.05) is 34.9 Å². The van der Waals surface area contributed by atoms with E-state index in [-0.39, 0.29) is 12.8 Å². The van der Waals surface area contributed by atoms with Gasteiger partial charge in [0.25, 0.3) is 0 Å². The van der Waals surface area contributed by atoms with E-state index in [2.05, 4.69) is 25.6 Å². The zero-order valence-electron chi connectivity index (χ0n) is 21.2. The molecule has 1 fully saturated rings. The monoisotopic (exact) mass is 505 g/mol. The molecule has 1 saturated heterocycles. The number of amides is 1. The second-order valence-electron chi connectivity index (χ2n) is 10.1. The molecule has 3 aromatic heterocycles. The summed E-state index contributed by atoms with van der Waals surface area (Å²) in [5.41, 5.74) is 2.32. The second kappa shape index (κ2) is 10.3. The summed E-state index contributed by atoms with van der Waals surface area (Å²) >= 11 is 0. The number of hydrogen-bond donors (Lipinski definition) is 2. The Labute approximate surface area is 214 Å². The lowest BCUT2D eigenvalue weighted by atomic mass is 10.1. The van der Waals surface area contributed by atoms with Gasteiger partial charge in [0.1, 0.15) is 18.2 Å². The van der Waals surface area contributed by atoms with Crippen molar-refractivity contribution in [1.82, 2.24) is 34.8 Å². The van der Waals surface area contributed by atoms with Crippen LogP contribution in [0.4, 0.5) is 4.79 Å². The molecule has 1 amide bonds. The molecule has 4 heterocycles. The number of hydrogen-bond acceptors (Lipinski definition) is 8. The van der Waals surface area contributed by atoms with Gasteiger partial charge in [-0.2, -0.15) is 5.10 Å².